The number of hydrogen-bond acceptors (Lipinski definition) is 7. The third kappa shape index (κ3) is 8.95. The third-order valence-electron chi connectivity index (χ3n) is 8.39. The standard InChI is InChI=1S/C33H36N6O3.C2HF3O2/c1-2-7-25-20-39(21-26(31(40)41)19-22-12-13-23-8-3-4-9-24(23)18-22)33(42)37-30(25)38-16-14-27(15-17-38)34-32-35-28-10-5-6-11-29(28)36-32;3-2(4,5)1(6)7/h3-6,8-13,18,20,26-27H,2,7,14-17,19,21H2,1H3,(H,40,41)(H2,34,35,36);(H,6,7). The van der Waals surface area contributed by atoms with Gasteiger partial charge in [-0.25, -0.2) is 14.6 Å². The highest BCUT2D eigenvalue weighted by molar-refractivity contribution is 5.83. The number of benzene rings is 3. The third-order valence-corrected chi connectivity index (χ3v) is 8.39. The van der Waals surface area contributed by atoms with Crippen LogP contribution in [-0.4, -0.2) is 67.0 Å². The smallest absolute Gasteiger partial charge is 0.481 e. The molecule has 5 aromatic rings. The summed E-state index contributed by atoms with van der Waals surface area (Å²) in [6.45, 7) is 3.71. The van der Waals surface area contributed by atoms with Crippen LogP contribution in [0.1, 0.15) is 37.3 Å². The van der Waals surface area contributed by atoms with E-state index in [1.807, 2.05) is 72.9 Å². The topological polar surface area (TPSA) is 153 Å². The number of alkyl halides is 3. The van der Waals surface area contributed by atoms with Crippen LogP contribution in [0.25, 0.3) is 21.8 Å². The average Bonchev–Trinajstić information content (AvgIpc) is 3.48. The van der Waals surface area contributed by atoms with Crippen LogP contribution in [0.3, 0.4) is 0 Å². The number of carboxylic acids is 2. The van der Waals surface area contributed by atoms with Crippen LogP contribution >= 0.6 is 0 Å². The first-order valence-corrected chi connectivity index (χ1v) is 16.0. The lowest BCUT2D eigenvalue weighted by Gasteiger charge is -2.34. The number of aromatic amines is 1. The van der Waals surface area contributed by atoms with Crippen LogP contribution in [0.2, 0.25) is 0 Å². The van der Waals surface area contributed by atoms with Crippen molar-refractivity contribution >= 4 is 45.5 Å². The zero-order chi connectivity index (χ0) is 35.1. The van der Waals surface area contributed by atoms with E-state index in [4.69, 9.17) is 9.90 Å². The molecule has 3 aromatic carbocycles. The molecule has 0 radical (unpaired) electrons. The summed E-state index contributed by atoms with van der Waals surface area (Å²) < 4.78 is 33.2. The largest absolute Gasteiger partial charge is 0.490 e. The van der Waals surface area contributed by atoms with Crippen molar-refractivity contribution in [2.45, 2.75) is 57.8 Å². The molecule has 1 atom stereocenters. The first-order valence-electron chi connectivity index (χ1n) is 16.0. The quantitative estimate of drug-likeness (QED) is 0.142. The maximum Gasteiger partial charge on any atom is 0.490 e. The molecule has 0 aliphatic carbocycles. The van der Waals surface area contributed by atoms with Gasteiger partial charge in [0.15, 0.2) is 0 Å². The van der Waals surface area contributed by atoms with Crippen LogP contribution in [0.5, 0.6) is 0 Å². The lowest BCUT2D eigenvalue weighted by atomic mass is 9.97. The Hall–Kier alpha value is -5.40. The van der Waals surface area contributed by atoms with Crippen molar-refractivity contribution in [1.82, 2.24) is 19.5 Å². The van der Waals surface area contributed by atoms with E-state index in [0.29, 0.717) is 6.42 Å². The van der Waals surface area contributed by atoms with Gasteiger partial charge in [0, 0.05) is 37.4 Å². The van der Waals surface area contributed by atoms with Crippen LogP contribution in [0.4, 0.5) is 24.9 Å². The Morgan fingerprint density at radius 1 is 1.00 bits per heavy atom. The predicted molar refractivity (Wildman–Crippen MR) is 180 cm³/mol. The minimum Gasteiger partial charge on any atom is -0.481 e. The molecule has 2 aromatic heterocycles. The fourth-order valence-electron chi connectivity index (χ4n) is 5.95. The van der Waals surface area contributed by atoms with Gasteiger partial charge in [0.1, 0.15) is 5.82 Å². The molecule has 258 valence electrons. The number of H-pyrrole nitrogens is 1. The van der Waals surface area contributed by atoms with Crippen molar-refractivity contribution in [3.05, 3.63) is 94.5 Å². The lowest BCUT2D eigenvalue weighted by Crippen LogP contribution is -2.41. The molecule has 3 heterocycles. The number of rotatable bonds is 10. The Balaban J connectivity index is 0.000000606. The minimum atomic E-state index is -5.08. The normalized spacial score (nSPS) is 14.3. The van der Waals surface area contributed by atoms with E-state index < -0.39 is 29.7 Å². The summed E-state index contributed by atoms with van der Waals surface area (Å²) in [6, 6.07) is 22.3. The SMILES string of the molecule is CCCc1cn(CC(Cc2ccc3ccccc3c2)C(=O)O)c(=O)nc1N1CCC(Nc2nc3ccccc3[nH]2)CC1.O=C(O)C(F)(F)F. The summed E-state index contributed by atoms with van der Waals surface area (Å²) in [5.41, 5.74) is 3.46. The van der Waals surface area contributed by atoms with E-state index >= 15 is 0 Å². The number of fused-ring (bicyclic) bond motifs is 2. The summed E-state index contributed by atoms with van der Waals surface area (Å²) in [5.74, 6) is -2.92. The molecule has 14 heteroatoms. The number of para-hydroxylation sites is 2. The number of carboxylic acid groups (broad SMARTS) is 2. The maximum atomic E-state index is 13.2. The number of hydrogen-bond donors (Lipinski definition) is 4. The highest BCUT2D eigenvalue weighted by Gasteiger charge is 2.38. The van der Waals surface area contributed by atoms with Gasteiger partial charge >= 0.3 is 23.8 Å². The molecule has 0 spiro atoms. The molecule has 6 rings (SSSR count). The number of aryl methyl sites for hydroxylation is 1. The number of anilines is 2. The fourth-order valence-corrected chi connectivity index (χ4v) is 5.95. The number of aromatic nitrogens is 4. The molecule has 11 nitrogen and oxygen atoms in total. The maximum absolute atomic E-state index is 13.2. The van der Waals surface area contributed by atoms with Gasteiger partial charge in [0.05, 0.1) is 17.0 Å². The molecule has 4 N–H and O–H groups in total. The summed E-state index contributed by atoms with van der Waals surface area (Å²) in [6.07, 6.45) is 0.533. The fraction of sp³-hybridized carbons (Fsp3) is 0.343. The highest BCUT2D eigenvalue weighted by atomic mass is 19.4. The first kappa shape index (κ1) is 34.9. The number of aliphatic carboxylic acids is 2. The van der Waals surface area contributed by atoms with Crippen molar-refractivity contribution < 1.29 is 33.0 Å². The Morgan fingerprint density at radius 3 is 2.33 bits per heavy atom. The second-order valence-corrected chi connectivity index (χ2v) is 12.0. The Kier molecular flexibility index (Phi) is 10.8. The van der Waals surface area contributed by atoms with E-state index in [9.17, 15) is 27.9 Å². The van der Waals surface area contributed by atoms with Crippen molar-refractivity contribution in [3.63, 3.8) is 0 Å². The first-order chi connectivity index (χ1) is 23.4. The predicted octanol–water partition coefficient (Wildman–Crippen LogP) is 5.88. The molecule has 0 bridgehead atoms. The Morgan fingerprint density at radius 2 is 1.67 bits per heavy atom. The van der Waals surface area contributed by atoms with E-state index in [1.54, 1.807) is 0 Å². The van der Waals surface area contributed by atoms with Gasteiger partial charge in [-0.3, -0.25) is 9.36 Å². The Bertz CT molecular complexity index is 1950. The second-order valence-electron chi connectivity index (χ2n) is 12.0. The summed E-state index contributed by atoms with van der Waals surface area (Å²) >= 11 is 0. The second kappa shape index (κ2) is 15.2. The van der Waals surface area contributed by atoms with Crippen LogP contribution in [0.15, 0.2) is 77.7 Å². The monoisotopic (exact) mass is 678 g/mol. The summed E-state index contributed by atoms with van der Waals surface area (Å²) in [7, 11) is 0. The van der Waals surface area contributed by atoms with Gasteiger partial charge in [-0.2, -0.15) is 18.2 Å². The molecule has 1 aliphatic rings. The molecule has 0 amide bonds. The molecule has 1 unspecified atom stereocenters. The molecule has 0 saturated carbocycles. The number of piperidine rings is 1. The highest BCUT2D eigenvalue weighted by Crippen LogP contribution is 2.25. The summed E-state index contributed by atoms with van der Waals surface area (Å²) in [5, 5.41) is 22.9. The average molecular weight is 679 g/mol. The summed E-state index contributed by atoms with van der Waals surface area (Å²) in [4.78, 5) is 49.1. The van der Waals surface area contributed by atoms with E-state index in [0.717, 1.165) is 83.5 Å². The van der Waals surface area contributed by atoms with Crippen molar-refractivity contribution in [1.29, 1.82) is 0 Å². The lowest BCUT2D eigenvalue weighted by molar-refractivity contribution is -0.192. The van der Waals surface area contributed by atoms with Crippen LogP contribution in [-0.2, 0) is 29.0 Å². The zero-order valence-electron chi connectivity index (χ0n) is 26.8. The number of carbonyl (C=O) groups is 2. The van der Waals surface area contributed by atoms with E-state index in [2.05, 4.69) is 32.1 Å². The van der Waals surface area contributed by atoms with Crippen molar-refractivity contribution in [2.75, 3.05) is 23.3 Å². The zero-order valence-corrected chi connectivity index (χ0v) is 26.8. The molecule has 1 aliphatic heterocycles. The van der Waals surface area contributed by atoms with Gasteiger partial charge in [-0.15, -0.1) is 0 Å². The number of nitrogens with one attached hydrogen (secondary N) is 2. The van der Waals surface area contributed by atoms with E-state index in [-0.39, 0.29) is 12.6 Å². The van der Waals surface area contributed by atoms with Gasteiger partial charge in [-0.1, -0.05) is 67.9 Å². The van der Waals surface area contributed by atoms with Crippen molar-refractivity contribution in [2.24, 2.45) is 5.92 Å². The molecule has 49 heavy (non-hydrogen) atoms. The molecule has 1 fully saturated rings. The van der Waals surface area contributed by atoms with Gasteiger partial charge in [-0.05, 0) is 54.2 Å². The van der Waals surface area contributed by atoms with Crippen LogP contribution < -0.4 is 15.9 Å². The van der Waals surface area contributed by atoms with Crippen molar-refractivity contribution in [3.8, 4) is 0 Å². The minimum absolute atomic E-state index is 0.0779. The molecule has 1 saturated heterocycles. The number of imidazole rings is 1. The number of nitrogens with zero attached hydrogens (tertiary/aromatic N) is 4. The van der Waals surface area contributed by atoms with Gasteiger partial charge in [0.2, 0.25) is 5.95 Å². The van der Waals surface area contributed by atoms with Gasteiger partial charge < -0.3 is 25.4 Å². The molecular weight excluding hydrogens is 641 g/mol. The van der Waals surface area contributed by atoms with E-state index in [1.165, 1.54) is 4.57 Å². The van der Waals surface area contributed by atoms with Crippen LogP contribution in [0, 0.1) is 5.92 Å². The number of halogens is 3. The van der Waals surface area contributed by atoms with Gasteiger partial charge in [0.25, 0.3) is 0 Å². The Labute approximate surface area is 279 Å². The molecular formula is C35H37F3N6O5.